The predicted octanol–water partition coefficient (Wildman–Crippen LogP) is 2.83. The maximum absolute atomic E-state index is 12.7. The molecule has 0 amide bonds. The highest BCUT2D eigenvalue weighted by molar-refractivity contribution is 5.95. The second-order valence-electron chi connectivity index (χ2n) is 4.23. The van der Waals surface area contributed by atoms with Gasteiger partial charge in [-0.25, -0.2) is 4.39 Å². The average Bonchev–Trinajstić information content (AvgIpc) is 2.41. The number of nitrogen functional groups attached to an aromatic ring is 1. The van der Waals surface area contributed by atoms with Gasteiger partial charge in [-0.05, 0) is 29.3 Å². The third-order valence-electron chi connectivity index (χ3n) is 2.69. The van der Waals surface area contributed by atoms with Crippen molar-refractivity contribution in [2.75, 3.05) is 0 Å². The van der Waals surface area contributed by atoms with Crippen molar-refractivity contribution in [3.05, 3.63) is 71.0 Å². The first-order valence-electron chi connectivity index (χ1n) is 5.90. The van der Waals surface area contributed by atoms with Crippen molar-refractivity contribution in [1.82, 2.24) is 0 Å². The number of nitrogens with one attached hydrogen (secondary N) is 1. The van der Waals surface area contributed by atoms with Crippen LogP contribution in [0, 0.1) is 11.2 Å². The van der Waals surface area contributed by atoms with E-state index in [-0.39, 0.29) is 11.7 Å². The van der Waals surface area contributed by atoms with Gasteiger partial charge in [0.05, 0.1) is 13.2 Å². The average molecular weight is 258 g/mol. The number of hydrogen-bond acceptors (Lipinski definition) is 2. The van der Waals surface area contributed by atoms with E-state index in [1.54, 1.807) is 18.2 Å². The Morgan fingerprint density at radius 3 is 2.42 bits per heavy atom. The zero-order valence-electron chi connectivity index (χ0n) is 10.4. The normalized spacial score (nSPS) is 10.4. The van der Waals surface area contributed by atoms with Gasteiger partial charge in [-0.15, -0.1) is 0 Å². The van der Waals surface area contributed by atoms with Gasteiger partial charge in [-0.1, -0.05) is 30.3 Å². The Kier molecular flexibility index (Phi) is 4.26. The number of hydrogen-bond donors (Lipinski definition) is 2. The third kappa shape index (κ3) is 3.89. The Bertz CT molecular complexity index is 567. The molecule has 4 heteroatoms. The Morgan fingerprint density at radius 1 is 1.05 bits per heavy atom. The van der Waals surface area contributed by atoms with Crippen LogP contribution in [0.1, 0.15) is 16.7 Å². The van der Waals surface area contributed by atoms with Gasteiger partial charge in [-0.3, -0.25) is 5.41 Å². The van der Waals surface area contributed by atoms with Gasteiger partial charge in [0.15, 0.2) is 0 Å². The maximum Gasteiger partial charge on any atom is 0.123 e. The second-order valence-corrected chi connectivity index (χ2v) is 4.23. The van der Waals surface area contributed by atoms with Crippen molar-refractivity contribution < 1.29 is 9.13 Å². The summed E-state index contributed by atoms with van der Waals surface area (Å²) in [6.07, 6.45) is 0. The van der Waals surface area contributed by atoms with Crippen LogP contribution < -0.4 is 5.73 Å². The fourth-order valence-electron chi connectivity index (χ4n) is 1.70. The van der Waals surface area contributed by atoms with E-state index < -0.39 is 0 Å². The lowest BCUT2D eigenvalue weighted by Gasteiger charge is -2.06. The highest BCUT2D eigenvalue weighted by atomic mass is 19.1. The minimum absolute atomic E-state index is 0.0420. The summed E-state index contributed by atoms with van der Waals surface area (Å²) in [7, 11) is 0. The summed E-state index contributed by atoms with van der Waals surface area (Å²) in [6.45, 7) is 0.850. The Hall–Kier alpha value is -2.20. The first-order valence-corrected chi connectivity index (χ1v) is 5.90. The number of rotatable bonds is 5. The molecule has 0 saturated carbocycles. The molecule has 0 aliphatic carbocycles. The van der Waals surface area contributed by atoms with Gasteiger partial charge in [-0.2, -0.15) is 0 Å². The first-order chi connectivity index (χ1) is 9.15. The standard InChI is InChI=1S/C15H15FN2O/c16-14-6-4-11(5-7-14)9-19-10-12-2-1-3-13(8-12)15(17)18/h1-8H,9-10H2,(H3,17,18). The lowest BCUT2D eigenvalue weighted by atomic mass is 10.1. The third-order valence-corrected chi connectivity index (χ3v) is 2.69. The monoisotopic (exact) mass is 258 g/mol. The minimum atomic E-state index is -0.252. The van der Waals surface area contributed by atoms with E-state index in [4.69, 9.17) is 15.9 Å². The lowest BCUT2D eigenvalue weighted by molar-refractivity contribution is 0.107. The molecular weight excluding hydrogens is 243 g/mol. The van der Waals surface area contributed by atoms with Crippen LogP contribution in [-0.2, 0) is 18.0 Å². The maximum atomic E-state index is 12.7. The van der Waals surface area contributed by atoms with Crippen LogP contribution in [0.15, 0.2) is 48.5 Å². The van der Waals surface area contributed by atoms with Gasteiger partial charge < -0.3 is 10.5 Å². The van der Waals surface area contributed by atoms with Crippen molar-refractivity contribution in [3.8, 4) is 0 Å². The molecule has 0 spiro atoms. The molecule has 3 N–H and O–H groups in total. The summed E-state index contributed by atoms with van der Waals surface area (Å²) < 4.78 is 18.3. The fourth-order valence-corrected chi connectivity index (χ4v) is 1.70. The molecule has 0 radical (unpaired) electrons. The van der Waals surface area contributed by atoms with E-state index in [9.17, 15) is 4.39 Å². The van der Waals surface area contributed by atoms with Gasteiger partial charge in [0, 0.05) is 5.56 Å². The van der Waals surface area contributed by atoms with E-state index in [1.807, 2.05) is 18.2 Å². The predicted molar refractivity (Wildman–Crippen MR) is 72.4 cm³/mol. The molecule has 0 fully saturated rings. The molecule has 3 nitrogen and oxygen atoms in total. The molecule has 2 rings (SSSR count). The molecule has 0 atom stereocenters. The molecule has 0 unspecified atom stereocenters. The number of benzene rings is 2. The first kappa shape index (κ1) is 13.2. The molecule has 2 aromatic carbocycles. The van der Waals surface area contributed by atoms with Crippen molar-refractivity contribution >= 4 is 5.84 Å². The molecular formula is C15H15FN2O. The van der Waals surface area contributed by atoms with Crippen molar-refractivity contribution in [1.29, 1.82) is 5.41 Å². The molecule has 0 heterocycles. The van der Waals surface area contributed by atoms with Crippen LogP contribution in [0.5, 0.6) is 0 Å². The van der Waals surface area contributed by atoms with Crippen molar-refractivity contribution in [3.63, 3.8) is 0 Å². The van der Waals surface area contributed by atoms with E-state index in [1.165, 1.54) is 12.1 Å². The zero-order valence-corrected chi connectivity index (χ0v) is 10.4. The molecule has 98 valence electrons. The smallest absolute Gasteiger partial charge is 0.123 e. The summed E-state index contributed by atoms with van der Waals surface area (Å²) >= 11 is 0. The zero-order chi connectivity index (χ0) is 13.7. The molecule has 19 heavy (non-hydrogen) atoms. The van der Waals surface area contributed by atoms with Crippen LogP contribution in [0.25, 0.3) is 0 Å². The van der Waals surface area contributed by atoms with Crippen LogP contribution >= 0.6 is 0 Å². The number of halogens is 1. The van der Waals surface area contributed by atoms with E-state index >= 15 is 0 Å². The Morgan fingerprint density at radius 2 is 1.74 bits per heavy atom. The summed E-state index contributed by atoms with van der Waals surface area (Å²) in [5, 5.41) is 7.37. The van der Waals surface area contributed by atoms with Gasteiger partial charge in [0.25, 0.3) is 0 Å². The Labute approximate surface area is 111 Å². The number of ether oxygens (including phenoxy) is 1. The van der Waals surface area contributed by atoms with Crippen LogP contribution in [0.2, 0.25) is 0 Å². The quantitative estimate of drug-likeness (QED) is 0.640. The molecule has 0 aliphatic rings. The SMILES string of the molecule is N=C(N)c1cccc(COCc2ccc(F)cc2)c1. The van der Waals surface area contributed by atoms with E-state index in [2.05, 4.69) is 0 Å². The fraction of sp³-hybridized carbons (Fsp3) is 0.133. The van der Waals surface area contributed by atoms with Crippen molar-refractivity contribution in [2.24, 2.45) is 5.73 Å². The lowest BCUT2D eigenvalue weighted by Crippen LogP contribution is -2.11. The largest absolute Gasteiger partial charge is 0.384 e. The summed E-state index contributed by atoms with van der Waals surface area (Å²) in [4.78, 5) is 0. The van der Waals surface area contributed by atoms with Crippen LogP contribution in [0.3, 0.4) is 0 Å². The molecule has 2 aromatic rings. The van der Waals surface area contributed by atoms with Crippen molar-refractivity contribution in [2.45, 2.75) is 13.2 Å². The highest BCUT2D eigenvalue weighted by Gasteiger charge is 1.99. The van der Waals surface area contributed by atoms with Gasteiger partial charge in [0.1, 0.15) is 11.7 Å². The molecule has 0 aromatic heterocycles. The summed E-state index contributed by atoms with van der Waals surface area (Å²) in [6, 6.07) is 13.6. The second kappa shape index (κ2) is 6.11. The van der Waals surface area contributed by atoms with E-state index in [0.717, 1.165) is 11.1 Å². The molecule has 0 saturated heterocycles. The summed E-state index contributed by atoms with van der Waals surface area (Å²) in [5.74, 6) is -0.210. The van der Waals surface area contributed by atoms with Gasteiger partial charge in [0.2, 0.25) is 0 Å². The number of amidine groups is 1. The van der Waals surface area contributed by atoms with E-state index in [0.29, 0.717) is 18.8 Å². The van der Waals surface area contributed by atoms with Crippen LogP contribution in [0.4, 0.5) is 4.39 Å². The number of nitrogens with two attached hydrogens (primary N) is 1. The minimum Gasteiger partial charge on any atom is -0.384 e. The Balaban J connectivity index is 1.90. The van der Waals surface area contributed by atoms with Gasteiger partial charge >= 0.3 is 0 Å². The van der Waals surface area contributed by atoms with Crippen LogP contribution in [-0.4, -0.2) is 5.84 Å². The highest BCUT2D eigenvalue weighted by Crippen LogP contribution is 2.09. The molecule has 0 aliphatic heterocycles. The topological polar surface area (TPSA) is 59.1 Å². The molecule has 0 bridgehead atoms. The summed E-state index contributed by atoms with van der Waals surface area (Å²) in [5.41, 5.74) is 7.98.